The van der Waals surface area contributed by atoms with Crippen LogP contribution in [-0.4, -0.2) is 28.0 Å². The molecule has 1 amide bonds. The third kappa shape index (κ3) is 5.15. The van der Waals surface area contributed by atoms with Crippen LogP contribution in [0.4, 0.5) is 10.1 Å². The zero-order valence-electron chi connectivity index (χ0n) is 13.0. The van der Waals surface area contributed by atoms with Gasteiger partial charge in [-0.3, -0.25) is 4.79 Å². The van der Waals surface area contributed by atoms with Crippen LogP contribution in [0.25, 0.3) is 0 Å². The molecule has 134 valence electrons. The Morgan fingerprint density at radius 3 is 2.52 bits per heavy atom. The third-order valence-electron chi connectivity index (χ3n) is 3.03. The summed E-state index contributed by atoms with van der Waals surface area (Å²) >= 11 is 3.11. The standard InChI is InChI=1S/C15H14BrFN2O5S/c1-23-14-5-3-10(25(18,21)22)7-12(14)19-15(20)8-24-13-4-2-9(16)6-11(13)17/h2-7H,8H2,1H3,(H,19,20)(H2,18,21,22). The Labute approximate surface area is 152 Å². The lowest BCUT2D eigenvalue weighted by Gasteiger charge is -2.12. The van der Waals surface area contributed by atoms with Crippen molar-refractivity contribution in [1.82, 2.24) is 0 Å². The van der Waals surface area contributed by atoms with Gasteiger partial charge in [-0.05, 0) is 36.4 Å². The summed E-state index contributed by atoms with van der Waals surface area (Å²) in [6.07, 6.45) is 0. The average molecular weight is 433 g/mol. The van der Waals surface area contributed by atoms with Crippen LogP contribution in [0, 0.1) is 5.82 Å². The van der Waals surface area contributed by atoms with Crippen molar-refractivity contribution in [2.45, 2.75) is 4.90 Å². The van der Waals surface area contributed by atoms with E-state index in [-0.39, 0.29) is 22.1 Å². The second-order valence-electron chi connectivity index (χ2n) is 4.82. The monoisotopic (exact) mass is 432 g/mol. The summed E-state index contributed by atoms with van der Waals surface area (Å²) in [5, 5.41) is 7.49. The molecule has 0 saturated heterocycles. The molecule has 0 fully saturated rings. The van der Waals surface area contributed by atoms with Crippen LogP contribution in [0.3, 0.4) is 0 Å². The van der Waals surface area contributed by atoms with Crippen molar-refractivity contribution in [2.75, 3.05) is 19.0 Å². The highest BCUT2D eigenvalue weighted by molar-refractivity contribution is 9.10. The van der Waals surface area contributed by atoms with Gasteiger partial charge in [-0.25, -0.2) is 17.9 Å². The minimum atomic E-state index is -3.94. The lowest BCUT2D eigenvalue weighted by Crippen LogP contribution is -2.21. The molecule has 0 atom stereocenters. The van der Waals surface area contributed by atoms with E-state index >= 15 is 0 Å². The Morgan fingerprint density at radius 2 is 1.92 bits per heavy atom. The van der Waals surface area contributed by atoms with E-state index < -0.39 is 28.4 Å². The van der Waals surface area contributed by atoms with Crippen molar-refractivity contribution in [3.8, 4) is 11.5 Å². The molecular weight excluding hydrogens is 419 g/mol. The fraction of sp³-hybridized carbons (Fsp3) is 0.133. The van der Waals surface area contributed by atoms with Gasteiger partial charge in [-0.15, -0.1) is 0 Å². The predicted octanol–water partition coefficient (Wildman–Crippen LogP) is 2.26. The quantitative estimate of drug-likeness (QED) is 0.727. The number of primary sulfonamides is 1. The molecular formula is C15H14BrFN2O5S. The molecule has 0 aliphatic heterocycles. The normalized spacial score (nSPS) is 11.0. The van der Waals surface area contributed by atoms with Gasteiger partial charge in [0.05, 0.1) is 17.7 Å². The molecule has 2 aromatic carbocycles. The number of methoxy groups -OCH3 is 1. The molecule has 0 radical (unpaired) electrons. The van der Waals surface area contributed by atoms with Crippen LogP contribution in [0.15, 0.2) is 45.8 Å². The summed E-state index contributed by atoms with van der Waals surface area (Å²) in [6, 6.07) is 7.89. The number of halogens is 2. The average Bonchev–Trinajstić information content (AvgIpc) is 2.53. The molecule has 2 aromatic rings. The van der Waals surface area contributed by atoms with Crippen LogP contribution >= 0.6 is 15.9 Å². The SMILES string of the molecule is COc1ccc(S(N)(=O)=O)cc1NC(=O)COc1ccc(Br)cc1F. The number of anilines is 1. The van der Waals surface area contributed by atoms with Crippen molar-refractivity contribution in [3.05, 3.63) is 46.7 Å². The number of hydrogen-bond donors (Lipinski definition) is 2. The number of rotatable bonds is 6. The van der Waals surface area contributed by atoms with Crippen LogP contribution < -0.4 is 19.9 Å². The molecule has 10 heteroatoms. The van der Waals surface area contributed by atoms with Gasteiger partial charge >= 0.3 is 0 Å². The number of benzene rings is 2. The van der Waals surface area contributed by atoms with Gasteiger partial charge in [-0.2, -0.15) is 0 Å². The number of ether oxygens (including phenoxy) is 2. The number of amides is 1. The molecule has 7 nitrogen and oxygen atoms in total. The van der Waals surface area contributed by atoms with Crippen molar-refractivity contribution >= 4 is 37.5 Å². The minimum Gasteiger partial charge on any atom is -0.495 e. The van der Waals surface area contributed by atoms with Crippen molar-refractivity contribution in [3.63, 3.8) is 0 Å². The van der Waals surface area contributed by atoms with Gasteiger partial charge < -0.3 is 14.8 Å². The molecule has 25 heavy (non-hydrogen) atoms. The highest BCUT2D eigenvalue weighted by atomic mass is 79.9. The highest BCUT2D eigenvalue weighted by Gasteiger charge is 2.15. The third-order valence-corrected chi connectivity index (χ3v) is 4.43. The van der Waals surface area contributed by atoms with Crippen LogP contribution in [0.5, 0.6) is 11.5 Å². The first-order chi connectivity index (χ1) is 11.7. The van der Waals surface area contributed by atoms with Gasteiger partial charge in [0, 0.05) is 4.47 Å². The maximum absolute atomic E-state index is 13.6. The molecule has 0 aliphatic carbocycles. The molecule has 0 bridgehead atoms. The summed E-state index contributed by atoms with van der Waals surface area (Å²) in [5.74, 6) is -1.12. The number of hydrogen-bond acceptors (Lipinski definition) is 5. The first-order valence-corrected chi connectivity index (χ1v) is 9.13. The van der Waals surface area contributed by atoms with Gasteiger partial charge in [-0.1, -0.05) is 15.9 Å². The molecule has 0 heterocycles. The van der Waals surface area contributed by atoms with E-state index in [9.17, 15) is 17.6 Å². The number of carbonyl (C=O) groups excluding carboxylic acids is 1. The molecule has 2 rings (SSSR count). The summed E-state index contributed by atoms with van der Waals surface area (Å²) in [5.41, 5.74) is 0.0962. The second kappa shape index (κ2) is 7.81. The molecule has 0 saturated carbocycles. The van der Waals surface area contributed by atoms with Crippen LogP contribution in [-0.2, 0) is 14.8 Å². The molecule has 0 aliphatic rings. The van der Waals surface area contributed by atoms with E-state index in [1.54, 1.807) is 6.07 Å². The fourth-order valence-corrected chi connectivity index (χ4v) is 2.76. The fourth-order valence-electron chi connectivity index (χ4n) is 1.88. The Morgan fingerprint density at radius 1 is 1.24 bits per heavy atom. The summed E-state index contributed by atoms with van der Waals surface area (Å²) < 4.78 is 47.1. The largest absolute Gasteiger partial charge is 0.495 e. The number of nitrogens with one attached hydrogen (secondary N) is 1. The highest BCUT2D eigenvalue weighted by Crippen LogP contribution is 2.27. The van der Waals surface area contributed by atoms with Gasteiger partial charge in [0.1, 0.15) is 5.75 Å². The van der Waals surface area contributed by atoms with E-state index in [1.165, 1.54) is 31.4 Å². The van der Waals surface area contributed by atoms with Crippen molar-refractivity contribution in [2.24, 2.45) is 5.14 Å². The first-order valence-electron chi connectivity index (χ1n) is 6.79. The van der Waals surface area contributed by atoms with E-state index in [0.717, 1.165) is 6.07 Å². The molecule has 3 N–H and O–H groups in total. The van der Waals surface area contributed by atoms with Gasteiger partial charge in [0.25, 0.3) is 5.91 Å². The Balaban J connectivity index is 2.11. The lowest BCUT2D eigenvalue weighted by atomic mass is 10.3. The maximum Gasteiger partial charge on any atom is 0.262 e. The minimum absolute atomic E-state index is 0.0939. The summed E-state index contributed by atoms with van der Waals surface area (Å²) in [4.78, 5) is 11.8. The Hall–Kier alpha value is -2.17. The predicted molar refractivity (Wildman–Crippen MR) is 92.6 cm³/mol. The number of sulfonamides is 1. The molecule has 0 aromatic heterocycles. The van der Waals surface area contributed by atoms with Gasteiger partial charge in [0.2, 0.25) is 10.0 Å². The Bertz CT molecular complexity index is 905. The number of nitrogens with two attached hydrogens (primary N) is 1. The smallest absolute Gasteiger partial charge is 0.262 e. The maximum atomic E-state index is 13.6. The summed E-state index contributed by atoms with van der Waals surface area (Å²) in [7, 11) is -2.59. The molecule has 0 unspecified atom stereocenters. The molecule has 0 spiro atoms. The first kappa shape index (κ1) is 19.2. The zero-order chi connectivity index (χ0) is 18.6. The zero-order valence-corrected chi connectivity index (χ0v) is 15.4. The number of carbonyl (C=O) groups is 1. The second-order valence-corrected chi connectivity index (χ2v) is 7.30. The van der Waals surface area contributed by atoms with E-state index in [0.29, 0.717) is 4.47 Å². The van der Waals surface area contributed by atoms with Gasteiger partial charge in [0.15, 0.2) is 18.2 Å². The Kier molecular flexibility index (Phi) is 5.98. The lowest BCUT2D eigenvalue weighted by molar-refractivity contribution is -0.118. The van der Waals surface area contributed by atoms with Crippen molar-refractivity contribution in [1.29, 1.82) is 0 Å². The van der Waals surface area contributed by atoms with E-state index in [4.69, 9.17) is 14.6 Å². The topological polar surface area (TPSA) is 108 Å². The van der Waals surface area contributed by atoms with E-state index in [2.05, 4.69) is 21.2 Å². The van der Waals surface area contributed by atoms with Crippen molar-refractivity contribution < 1.29 is 27.1 Å². The van der Waals surface area contributed by atoms with Crippen LogP contribution in [0.2, 0.25) is 0 Å². The summed E-state index contributed by atoms with van der Waals surface area (Å²) in [6.45, 7) is -0.485. The van der Waals surface area contributed by atoms with Crippen LogP contribution in [0.1, 0.15) is 0 Å². The van der Waals surface area contributed by atoms with E-state index in [1.807, 2.05) is 0 Å².